The average molecular weight is 338 g/mol. The first-order chi connectivity index (χ1) is 12.1. The smallest absolute Gasteiger partial charge is 0.328 e. The molecule has 0 fully saturated rings. The number of carboxylic acid groups (broad SMARTS) is 1. The van der Waals surface area contributed by atoms with Crippen molar-refractivity contribution in [1.82, 2.24) is 0 Å². The Bertz CT molecular complexity index is 756. The number of benzene rings is 2. The summed E-state index contributed by atoms with van der Waals surface area (Å²) in [6.45, 7) is -0.596. The summed E-state index contributed by atoms with van der Waals surface area (Å²) >= 11 is 0. The third-order valence-corrected chi connectivity index (χ3v) is 3.14. The van der Waals surface area contributed by atoms with Gasteiger partial charge in [0.15, 0.2) is 0 Å². The predicted octanol–water partition coefficient (Wildman–Crippen LogP) is 2.22. The van der Waals surface area contributed by atoms with Gasteiger partial charge in [0.25, 0.3) is 0 Å². The molecule has 0 aromatic heterocycles. The molecular weight excluding hydrogens is 320 g/mol. The van der Waals surface area contributed by atoms with Crippen molar-refractivity contribution in [1.29, 1.82) is 0 Å². The molecule has 0 aliphatic rings. The highest BCUT2D eigenvalue weighted by Crippen LogP contribution is 2.03. The summed E-state index contributed by atoms with van der Waals surface area (Å²) in [6, 6.07) is 18.4. The number of hydrogen-bond donors (Lipinski definition) is 1. The summed E-state index contributed by atoms with van der Waals surface area (Å²) in [5.74, 6) is -1.56. The molecule has 1 N–H and O–H groups in total. The number of carbonyl (C=O) groups excluding carboxylic acids is 1. The minimum absolute atomic E-state index is 0.100. The van der Waals surface area contributed by atoms with Gasteiger partial charge < -0.3 is 9.84 Å². The van der Waals surface area contributed by atoms with Crippen molar-refractivity contribution < 1.29 is 19.4 Å². The second kappa shape index (κ2) is 9.77. The predicted molar refractivity (Wildman–Crippen MR) is 95.3 cm³/mol. The van der Waals surface area contributed by atoms with Crippen LogP contribution in [0.4, 0.5) is 0 Å². The summed E-state index contributed by atoms with van der Waals surface area (Å²) in [5.41, 5.74) is 2.01. The minimum atomic E-state index is -1.05. The number of carboxylic acids is 1. The van der Waals surface area contributed by atoms with Crippen LogP contribution < -0.4 is 0 Å². The number of carbonyl (C=O) groups is 2. The summed E-state index contributed by atoms with van der Waals surface area (Å²) < 4.78 is 5.15. The van der Waals surface area contributed by atoms with E-state index in [1.54, 1.807) is 30.5 Å². The summed E-state index contributed by atoms with van der Waals surface area (Å²) in [5, 5.41) is 8.78. The van der Waals surface area contributed by atoms with Gasteiger partial charge in [-0.15, -0.1) is 0 Å². The van der Waals surface area contributed by atoms with Crippen molar-refractivity contribution in [2.45, 2.75) is 0 Å². The van der Waals surface area contributed by atoms with E-state index in [1.807, 2.05) is 36.4 Å². The fraction of sp³-hybridized carbons (Fsp3) is 0.158. The van der Waals surface area contributed by atoms with E-state index in [9.17, 15) is 9.59 Å². The van der Waals surface area contributed by atoms with Gasteiger partial charge in [0.1, 0.15) is 19.7 Å². The van der Waals surface area contributed by atoms with Crippen LogP contribution in [0.1, 0.15) is 11.1 Å². The number of esters is 1. The van der Waals surface area contributed by atoms with Gasteiger partial charge >= 0.3 is 11.9 Å². The summed E-state index contributed by atoms with van der Waals surface area (Å²) in [6.07, 6.45) is 1.60. The third kappa shape index (κ3) is 6.78. The Hall–Kier alpha value is -3.28. The number of aliphatic carboxylic acids is 1. The van der Waals surface area contributed by atoms with Crippen LogP contribution in [0.2, 0.25) is 0 Å². The fourth-order valence-electron chi connectivity index (χ4n) is 1.97. The quantitative estimate of drug-likeness (QED) is 0.590. The lowest BCUT2D eigenvalue weighted by atomic mass is 10.1. The monoisotopic (exact) mass is 338 g/mol. The molecule has 0 amide bonds. The van der Waals surface area contributed by atoms with Gasteiger partial charge in [-0.1, -0.05) is 60.7 Å². The minimum Gasteiger partial charge on any atom is -0.480 e. The van der Waals surface area contributed by atoms with E-state index in [4.69, 9.17) is 9.84 Å². The molecule has 6 nitrogen and oxygen atoms in total. The Labute approximate surface area is 145 Å². The van der Waals surface area contributed by atoms with Crippen molar-refractivity contribution in [2.24, 2.45) is 9.98 Å². The van der Waals surface area contributed by atoms with Gasteiger partial charge in [0.2, 0.25) is 0 Å². The largest absolute Gasteiger partial charge is 0.480 e. The Morgan fingerprint density at radius 3 is 2.24 bits per heavy atom. The normalized spacial score (nSPS) is 11.4. The zero-order chi connectivity index (χ0) is 17.9. The molecule has 0 bridgehead atoms. The second-order valence-corrected chi connectivity index (χ2v) is 5.06. The Morgan fingerprint density at radius 2 is 1.60 bits per heavy atom. The molecule has 0 radical (unpaired) electrons. The molecule has 0 saturated carbocycles. The van der Waals surface area contributed by atoms with Crippen molar-refractivity contribution >= 4 is 23.9 Å². The lowest BCUT2D eigenvalue weighted by molar-refractivity contribution is -0.140. The Kier molecular flexibility index (Phi) is 7.06. The molecule has 0 saturated heterocycles. The van der Waals surface area contributed by atoms with Crippen LogP contribution in [-0.2, 0) is 14.3 Å². The molecule has 0 atom stereocenters. The average Bonchev–Trinajstić information content (AvgIpc) is 2.63. The number of ether oxygens (including phenoxy) is 1. The van der Waals surface area contributed by atoms with E-state index in [-0.39, 0.29) is 19.7 Å². The van der Waals surface area contributed by atoms with Crippen molar-refractivity contribution in [3.05, 3.63) is 71.8 Å². The Morgan fingerprint density at radius 1 is 0.960 bits per heavy atom. The maximum atomic E-state index is 11.8. The molecule has 25 heavy (non-hydrogen) atoms. The highest BCUT2D eigenvalue weighted by atomic mass is 16.5. The first kappa shape index (κ1) is 18.1. The Balaban J connectivity index is 1.91. The molecular formula is C19H18N2O4. The van der Waals surface area contributed by atoms with Crippen molar-refractivity contribution in [2.75, 3.05) is 19.7 Å². The highest BCUT2D eigenvalue weighted by molar-refractivity contribution is 6.03. The standard InChI is InChI=1S/C19H18N2O4/c22-18(23)12-21-17(16-9-5-2-6-10-16)14-25-19(24)13-20-11-15-7-3-1-4-8-15/h1-11H,12-14H2,(H,22,23). The van der Waals surface area contributed by atoms with Crippen molar-refractivity contribution in [3.8, 4) is 0 Å². The number of hydrogen-bond acceptors (Lipinski definition) is 5. The molecule has 128 valence electrons. The molecule has 6 heteroatoms. The number of nitrogens with zero attached hydrogens (tertiary/aromatic N) is 2. The van der Waals surface area contributed by atoms with Gasteiger partial charge in [0, 0.05) is 6.21 Å². The maximum Gasteiger partial charge on any atom is 0.328 e. The summed E-state index contributed by atoms with van der Waals surface area (Å²) in [7, 11) is 0. The maximum absolute atomic E-state index is 11.8. The van der Waals surface area contributed by atoms with Crippen LogP contribution in [0.25, 0.3) is 0 Å². The van der Waals surface area contributed by atoms with Crippen molar-refractivity contribution in [3.63, 3.8) is 0 Å². The number of rotatable bonds is 8. The number of aliphatic imine (C=N–C) groups is 2. The van der Waals surface area contributed by atoms with Crippen LogP contribution >= 0.6 is 0 Å². The molecule has 0 heterocycles. The first-order valence-electron chi connectivity index (χ1n) is 7.66. The SMILES string of the molecule is O=C(O)CN=C(COC(=O)CN=Cc1ccccc1)c1ccccc1. The second-order valence-electron chi connectivity index (χ2n) is 5.06. The van der Waals surface area contributed by atoms with E-state index in [1.165, 1.54) is 0 Å². The molecule has 2 aromatic rings. The van der Waals surface area contributed by atoms with Gasteiger partial charge in [-0.25, -0.2) is 0 Å². The van der Waals surface area contributed by atoms with Gasteiger partial charge in [-0.2, -0.15) is 0 Å². The van der Waals surface area contributed by atoms with Gasteiger partial charge in [0.05, 0.1) is 5.71 Å². The highest BCUT2D eigenvalue weighted by Gasteiger charge is 2.08. The third-order valence-electron chi connectivity index (χ3n) is 3.14. The van der Waals surface area contributed by atoms with E-state index < -0.39 is 11.9 Å². The van der Waals surface area contributed by atoms with Crippen LogP contribution in [0.3, 0.4) is 0 Å². The van der Waals surface area contributed by atoms with E-state index in [0.717, 1.165) is 5.56 Å². The molecule has 0 unspecified atom stereocenters. The van der Waals surface area contributed by atoms with Crippen LogP contribution in [0, 0.1) is 0 Å². The molecule has 0 aliphatic heterocycles. The van der Waals surface area contributed by atoms with Gasteiger partial charge in [-0.3, -0.25) is 19.6 Å². The summed E-state index contributed by atoms with van der Waals surface area (Å²) in [4.78, 5) is 30.5. The molecule has 0 aliphatic carbocycles. The zero-order valence-electron chi connectivity index (χ0n) is 13.5. The van der Waals surface area contributed by atoms with E-state index in [0.29, 0.717) is 11.3 Å². The van der Waals surface area contributed by atoms with Crippen LogP contribution in [0.5, 0.6) is 0 Å². The van der Waals surface area contributed by atoms with E-state index >= 15 is 0 Å². The lowest BCUT2D eigenvalue weighted by Gasteiger charge is -2.07. The zero-order valence-corrected chi connectivity index (χ0v) is 13.5. The van der Waals surface area contributed by atoms with Crippen LogP contribution in [-0.4, -0.2) is 48.7 Å². The lowest BCUT2D eigenvalue weighted by Crippen LogP contribution is -2.18. The van der Waals surface area contributed by atoms with Gasteiger partial charge in [-0.05, 0) is 11.1 Å². The molecule has 0 spiro atoms. The van der Waals surface area contributed by atoms with E-state index in [2.05, 4.69) is 9.98 Å². The first-order valence-corrected chi connectivity index (χ1v) is 7.66. The molecule has 2 aromatic carbocycles. The van der Waals surface area contributed by atoms with Crippen LogP contribution in [0.15, 0.2) is 70.6 Å². The fourth-order valence-corrected chi connectivity index (χ4v) is 1.97. The topological polar surface area (TPSA) is 88.3 Å². The molecule has 2 rings (SSSR count).